The van der Waals surface area contributed by atoms with Crippen LogP contribution in [0.25, 0.3) is 0 Å². The normalized spacial score (nSPS) is 14.3. The lowest BCUT2D eigenvalue weighted by Gasteiger charge is -2.30. The van der Waals surface area contributed by atoms with Gasteiger partial charge >= 0.3 is 0 Å². The van der Waals surface area contributed by atoms with Gasteiger partial charge in [0.2, 0.25) is 0 Å². The van der Waals surface area contributed by atoms with E-state index < -0.39 is 0 Å². The van der Waals surface area contributed by atoms with Gasteiger partial charge in [-0.25, -0.2) is 0 Å². The minimum atomic E-state index is 0.812. The molecule has 6 heteroatoms. The zero-order valence-electron chi connectivity index (χ0n) is 12.2. The van der Waals surface area contributed by atoms with E-state index in [0.29, 0.717) is 0 Å². The molecule has 0 bridgehead atoms. The molecule has 0 saturated heterocycles. The Kier molecular flexibility index (Phi) is 4.55. The van der Waals surface area contributed by atoms with Crippen molar-refractivity contribution < 1.29 is 0 Å². The maximum atomic E-state index is 4.18. The third kappa shape index (κ3) is 3.27. The summed E-state index contributed by atoms with van der Waals surface area (Å²) in [6.07, 6.45) is 2.97. The Morgan fingerprint density at radius 3 is 3.05 bits per heavy atom. The fourth-order valence-corrected chi connectivity index (χ4v) is 3.28. The van der Waals surface area contributed by atoms with E-state index >= 15 is 0 Å². The zero-order valence-corrected chi connectivity index (χ0v) is 13.8. The Bertz CT molecular complexity index is 610. The Hall–Kier alpha value is -1.40. The van der Waals surface area contributed by atoms with Gasteiger partial charge in [-0.05, 0) is 46.6 Å². The first-order valence-electron chi connectivity index (χ1n) is 7.38. The van der Waals surface area contributed by atoms with Gasteiger partial charge in [0.15, 0.2) is 5.82 Å². The van der Waals surface area contributed by atoms with Crippen molar-refractivity contribution in [1.82, 2.24) is 20.1 Å². The second-order valence-corrected chi connectivity index (χ2v) is 6.18. The molecule has 0 atom stereocenters. The summed E-state index contributed by atoms with van der Waals surface area (Å²) < 4.78 is 3.26. The molecule has 3 rings (SSSR count). The molecule has 0 fully saturated rings. The molecule has 0 unspecified atom stereocenters. The second kappa shape index (κ2) is 6.58. The molecule has 0 radical (unpaired) electrons. The number of anilines is 1. The molecule has 0 amide bonds. The molecule has 5 nitrogen and oxygen atoms in total. The third-order valence-electron chi connectivity index (χ3n) is 3.75. The first-order valence-corrected chi connectivity index (χ1v) is 8.18. The fourth-order valence-electron chi connectivity index (χ4n) is 2.60. The number of halogens is 1. The minimum Gasteiger partial charge on any atom is -0.361 e. The summed E-state index contributed by atoms with van der Waals surface area (Å²) in [5, 5.41) is 11.6. The molecule has 112 valence electrons. The maximum absolute atomic E-state index is 4.18. The molecule has 1 aliphatic heterocycles. The number of nitrogens with one attached hydrogen (secondary N) is 1. The van der Waals surface area contributed by atoms with Gasteiger partial charge in [0.05, 0.1) is 12.2 Å². The molecule has 0 saturated carbocycles. The first-order chi connectivity index (χ1) is 10.3. The first kappa shape index (κ1) is 14.5. The van der Waals surface area contributed by atoms with Crippen LogP contribution in [0.15, 0.2) is 29.0 Å². The fraction of sp³-hybridized carbons (Fsp3) is 0.467. The summed E-state index contributed by atoms with van der Waals surface area (Å²) in [7, 11) is 0. The molecule has 1 aromatic carbocycles. The topological polar surface area (TPSA) is 46.0 Å². The highest BCUT2D eigenvalue weighted by Crippen LogP contribution is 2.29. The monoisotopic (exact) mass is 349 g/mol. The van der Waals surface area contributed by atoms with E-state index in [0.717, 1.165) is 49.4 Å². The Balaban J connectivity index is 1.71. The van der Waals surface area contributed by atoms with E-state index in [1.165, 1.54) is 11.3 Å². The van der Waals surface area contributed by atoms with Crippen LogP contribution < -0.4 is 10.2 Å². The van der Waals surface area contributed by atoms with Crippen LogP contribution in [0.3, 0.4) is 0 Å². The van der Waals surface area contributed by atoms with E-state index in [1.54, 1.807) is 0 Å². The summed E-state index contributed by atoms with van der Waals surface area (Å²) >= 11 is 3.71. The summed E-state index contributed by atoms with van der Waals surface area (Å²) in [5.41, 5.74) is 2.53. The van der Waals surface area contributed by atoms with Crippen molar-refractivity contribution in [2.75, 3.05) is 18.0 Å². The van der Waals surface area contributed by atoms with Crippen LogP contribution in [0.5, 0.6) is 0 Å². The predicted molar refractivity (Wildman–Crippen MR) is 87.2 cm³/mol. The molecule has 21 heavy (non-hydrogen) atoms. The Labute approximate surface area is 133 Å². The van der Waals surface area contributed by atoms with Crippen molar-refractivity contribution in [3.05, 3.63) is 40.4 Å². The summed E-state index contributed by atoms with van der Waals surface area (Å²) in [4.78, 5) is 2.34. The Morgan fingerprint density at radius 2 is 2.24 bits per heavy atom. The molecule has 2 aromatic rings. The number of fused-ring (bicyclic) bond motifs is 1. The number of hydrogen-bond donors (Lipinski definition) is 1. The Morgan fingerprint density at radius 1 is 1.33 bits per heavy atom. The molecule has 1 N–H and O–H groups in total. The third-order valence-corrected chi connectivity index (χ3v) is 4.38. The van der Waals surface area contributed by atoms with Crippen LogP contribution >= 0.6 is 15.9 Å². The van der Waals surface area contributed by atoms with Gasteiger partial charge in [0, 0.05) is 24.1 Å². The van der Waals surface area contributed by atoms with Crippen LogP contribution in [0.4, 0.5) is 5.69 Å². The molecular weight excluding hydrogens is 330 g/mol. The van der Waals surface area contributed by atoms with Gasteiger partial charge in [0.25, 0.3) is 0 Å². The van der Waals surface area contributed by atoms with Gasteiger partial charge in [-0.2, -0.15) is 0 Å². The number of benzene rings is 1. The van der Waals surface area contributed by atoms with Crippen molar-refractivity contribution in [2.24, 2.45) is 0 Å². The van der Waals surface area contributed by atoms with E-state index in [1.807, 2.05) is 6.33 Å². The smallest absolute Gasteiger partial charge is 0.152 e. The van der Waals surface area contributed by atoms with Crippen LogP contribution in [-0.2, 0) is 19.6 Å². The zero-order chi connectivity index (χ0) is 14.7. The summed E-state index contributed by atoms with van der Waals surface area (Å²) in [5.74, 6) is 1.03. The van der Waals surface area contributed by atoms with Crippen LogP contribution in [0.1, 0.15) is 24.7 Å². The van der Waals surface area contributed by atoms with Gasteiger partial charge < -0.3 is 14.8 Å². The number of rotatable bonds is 5. The van der Waals surface area contributed by atoms with E-state index in [9.17, 15) is 0 Å². The van der Waals surface area contributed by atoms with Crippen LogP contribution in [-0.4, -0.2) is 27.9 Å². The molecule has 0 spiro atoms. The van der Waals surface area contributed by atoms with Gasteiger partial charge in [-0.3, -0.25) is 0 Å². The van der Waals surface area contributed by atoms with Crippen LogP contribution in [0, 0.1) is 0 Å². The van der Waals surface area contributed by atoms with Crippen molar-refractivity contribution >= 4 is 21.6 Å². The molecule has 1 aromatic heterocycles. The number of nitrogens with zero attached hydrogens (tertiary/aromatic N) is 4. The molecular formula is C15H20BrN5. The standard InChI is InChI=1S/C15H20BrN5/c1-2-5-17-9-12-3-4-14(13(16)8-12)20-6-7-21-11-18-19-15(21)10-20/h3-4,8,11,17H,2,5-7,9-10H2,1H3. The minimum absolute atomic E-state index is 0.812. The lowest BCUT2D eigenvalue weighted by Crippen LogP contribution is -2.33. The van der Waals surface area contributed by atoms with Gasteiger partial charge in [-0.1, -0.05) is 13.0 Å². The lowest BCUT2D eigenvalue weighted by molar-refractivity contribution is 0.559. The maximum Gasteiger partial charge on any atom is 0.152 e. The van der Waals surface area contributed by atoms with Gasteiger partial charge in [-0.15, -0.1) is 10.2 Å². The van der Waals surface area contributed by atoms with Crippen molar-refractivity contribution in [2.45, 2.75) is 33.0 Å². The quantitative estimate of drug-likeness (QED) is 0.842. The average molecular weight is 350 g/mol. The van der Waals surface area contributed by atoms with Crippen molar-refractivity contribution in [3.8, 4) is 0 Å². The van der Waals surface area contributed by atoms with Crippen molar-refractivity contribution in [1.29, 1.82) is 0 Å². The predicted octanol–water partition coefficient (Wildman–Crippen LogP) is 2.56. The number of aromatic nitrogens is 3. The van der Waals surface area contributed by atoms with E-state index in [-0.39, 0.29) is 0 Å². The molecule has 0 aliphatic carbocycles. The second-order valence-electron chi connectivity index (χ2n) is 5.32. The lowest BCUT2D eigenvalue weighted by atomic mass is 10.2. The van der Waals surface area contributed by atoms with Crippen molar-refractivity contribution in [3.63, 3.8) is 0 Å². The van der Waals surface area contributed by atoms with E-state index in [4.69, 9.17) is 0 Å². The number of hydrogen-bond acceptors (Lipinski definition) is 4. The SMILES string of the molecule is CCCNCc1ccc(N2CCn3cnnc3C2)c(Br)c1. The molecule has 1 aliphatic rings. The van der Waals surface area contributed by atoms with Crippen LogP contribution in [0.2, 0.25) is 0 Å². The highest BCUT2D eigenvalue weighted by atomic mass is 79.9. The highest BCUT2D eigenvalue weighted by Gasteiger charge is 2.19. The van der Waals surface area contributed by atoms with Gasteiger partial charge in [0.1, 0.15) is 6.33 Å². The molecule has 2 heterocycles. The summed E-state index contributed by atoms with van der Waals surface area (Å²) in [6.45, 7) is 6.89. The summed E-state index contributed by atoms with van der Waals surface area (Å²) in [6, 6.07) is 6.60. The highest BCUT2D eigenvalue weighted by molar-refractivity contribution is 9.10. The van der Waals surface area contributed by atoms with E-state index in [2.05, 4.69) is 66.0 Å². The largest absolute Gasteiger partial charge is 0.361 e. The average Bonchev–Trinajstić information content (AvgIpc) is 2.95.